The van der Waals surface area contributed by atoms with Crippen LogP contribution in [0, 0.1) is 24.1 Å². The predicted molar refractivity (Wildman–Crippen MR) is 106 cm³/mol. The summed E-state index contributed by atoms with van der Waals surface area (Å²) in [4.78, 5) is 8.95. The number of nitriles is 1. The molecule has 2 aromatic carbocycles. The highest BCUT2D eigenvalue weighted by molar-refractivity contribution is 5.82. The highest BCUT2D eigenvalue weighted by Gasteiger charge is 2.20. The maximum Gasteiger partial charge on any atom is 0.258 e. The van der Waals surface area contributed by atoms with Gasteiger partial charge in [0.05, 0.1) is 36.7 Å². The van der Waals surface area contributed by atoms with Gasteiger partial charge >= 0.3 is 0 Å². The average Bonchev–Trinajstić information content (AvgIpc) is 3.22. The molecule has 2 heterocycles. The van der Waals surface area contributed by atoms with Gasteiger partial charge in [-0.1, -0.05) is 12.1 Å². The number of benzene rings is 2. The normalized spacial score (nSPS) is 10.9. The molecule has 29 heavy (non-hydrogen) atoms. The van der Waals surface area contributed by atoms with Crippen LogP contribution < -0.4 is 4.74 Å². The number of hydrogen-bond donors (Lipinski definition) is 1. The average molecular weight is 388 g/mol. The van der Waals surface area contributed by atoms with Gasteiger partial charge in [0.15, 0.2) is 0 Å². The quantitative estimate of drug-likeness (QED) is 0.574. The molecule has 0 amide bonds. The number of aliphatic hydroxyl groups is 1. The fraction of sp³-hybridized carbons (Fsp3) is 0.136. The molecule has 4 rings (SSSR count). The van der Waals surface area contributed by atoms with E-state index < -0.39 is 5.82 Å². The molecule has 0 aliphatic carbocycles. The molecule has 0 unspecified atom stereocenters. The van der Waals surface area contributed by atoms with Crippen molar-refractivity contribution < 1.29 is 14.2 Å². The van der Waals surface area contributed by atoms with Gasteiger partial charge in [-0.15, -0.1) is 0 Å². The molecule has 0 fully saturated rings. The lowest BCUT2D eigenvalue weighted by Crippen LogP contribution is -2.04. The van der Waals surface area contributed by atoms with Gasteiger partial charge in [0.1, 0.15) is 5.82 Å². The largest absolute Gasteiger partial charge is 0.478 e. The fourth-order valence-electron chi connectivity index (χ4n) is 3.39. The molecule has 6 nitrogen and oxygen atoms in total. The van der Waals surface area contributed by atoms with E-state index in [2.05, 4.69) is 16.0 Å². The predicted octanol–water partition coefficient (Wildman–Crippen LogP) is 3.88. The second kappa shape index (κ2) is 7.34. The Bertz CT molecular complexity index is 1230. The van der Waals surface area contributed by atoms with Gasteiger partial charge in [-0.2, -0.15) is 5.26 Å². The number of aryl methyl sites for hydroxylation is 1. The van der Waals surface area contributed by atoms with Crippen molar-refractivity contribution in [2.24, 2.45) is 0 Å². The molecule has 4 aromatic rings. The minimum atomic E-state index is -0.489. The smallest absolute Gasteiger partial charge is 0.258 e. The molecule has 0 aliphatic heterocycles. The lowest BCUT2D eigenvalue weighted by molar-refractivity contribution is 0.275. The summed E-state index contributed by atoms with van der Waals surface area (Å²) in [5.41, 5.74) is 4.47. The number of aromatic nitrogens is 3. The standard InChI is InChI=1S/C22H17FN4O2/c1-13-9-16(10-18(23)17(13)12-28)20-19(15-5-3-14(11-24)4-6-15)26-22(29-2)21-25-7-8-27(20)21/h3-10,28H,12H2,1-2H3. The first-order chi connectivity index (χ1) is 14.1. The van der Waals surface area contributed by atoms with Crippen molar-refractivity contribution in [1.82, 2.24) is 14.4 Å². The van der Waals surface area contributed by atoms with Crippen molar-refractivity contribution in [2.75, 3.05) is 7.11 Å². The summed E-state index contributed by atoms with van der Waals surface area (Å²) >= 11 is 0. The summed E-state index contributed by atoms with van der Waals surface area (Å²) in [6, 6.07) is 12.3. The minimum absolute atomic E-state index is 0.261. The van der Waals surface area contributed by atoms with Crippen LogP contribution in [0.15, 0.2) is 48.8 Å². The van der Waals surface area contributed by atoms with Crippen LogP contribution in [-0.4, -0.2) is 26.6 Å². The van der Waals surface area contributed by atoms with E-state index in [1.165, 1.54) is 13.2 Å². The number of ether oxygens (including phenoxy) is 1. The number of hydrogen-bond acceptors (Lipinski definition) is 5. The fourth-order valence-corrected chi connectivity index (χ4v) is 3.39. The van der Waals surface area contributed by atoms with Gasteiger partial charge < -0.3 is 9.84 Å². The molecule has 0 atom stereocenters. The lowest BCUT2D eigenvalue weighted by atomic mass is 9.98. The molecule has 0 bridgehead atoms. The maximum atomic E-state index is 14.6. The first-order valence-electron chi connectivity index (χ1n) is 8.89. The Balaban J connectivity index is 2.06. The number of nitrogens with zero attached hydrogens (tertiary/aromatic N) is 4. The Labute approximate surface area is 166 Å². The molecular weight excluding hydrogens is 371 g/mol. The van der Waals surface area contributed by atoms with Crippen LogP contribution in [0.25, 0.3) is 28.2 Å². The third kappa shape index (κ3) is 3.10. The zero-order chi connectivity index (χ0) is 20.5. The van der Waals surface area contributed by atoms with E-state index in [1.54, 1.807) is 48.0 Å². The Morgan fingerprint density at radius 3 is 2.59 bits per heavy atom. The van der Waals surface area contributed by atoms with Crippen molar-refractivity contribution in [1.29, 1.82) is 5.26 Å². The maximum absolute atomic E-state index is 14.6. The lowest BCUT2D eigenvalue weighted by Gasteiger charge is -2.16. The molecule has 0 spiro atoms. The van der Waals surface area contributed by atoms with Gasteiger partial charge in [0.25, 0.3) is 5.88 Å². The van der Waals surface area contributed by atoms with E-state index in [4.69, 9.17) is 10.00 Å². The molecule has 0 radical (unpaired) electrons. The van der Waals surface area contributed by atoms with E-state index in [0.29, 0.717) is 39.6 Å². The van der Waals surface area contributed by atoms with Crippen LogP contribution in [0.2, 0.25) is 0 Å². The van der Waals surface area contributed by atoms with Crippen LogP contribution in [0.3, 0.4) is 0 Å². The van der Waals surface area contributed by atoms with Crippen molar-refractivity contribution in [3.05, 3.63) is 71.3 Å². The van der Waals surface area contributed by atoms with Crippen LogP contribution in [0.1, 0.15) is 16.7 Å². The highest BCUT2D eigenvalue weighted by Crippen LogP contribution is 2.36. The zero-order valence-corrected chi connectivity index (χ0v) is 15.8. The van der Waals surface area contributed by atoms with Crippen molar-refractivity contribution in [3.63, 3.8) is 0 Å². The number of imidazole rings is 1. The summed E-state index contributed by atoms with van der Waals surface area (Å²) in [6.07, 6.45) is 3.38. The SMILES string of the molecule is COc1nc(-c2ccc(C#N)cc2)c(-c2cc(C)c(CO)c(F)c2)n2ccnc12. The molecule has 0 saturated heterocycles. The number of fused-ring (bicyclic) bond motifs is 1. The molecule has 7 heteroatoms. The topological polar surface area (TPSA) is 83.4 Å². The first-order valence-corrected chi connectivity index (χ1v) is 8.89. The summed E-state index contributed by atoms with van der Waals surface area (Å²) in [5, 5.41) is 18.5. The minimum Gasteiger partial charge on any atom is -0.478 e. The summed E-state index contributed by atoms with van der Waals surface area (Å²) < 4.78 is 21.8. The Kier molecular flexibility index (Phi) is 4.71. The molecule has 0 aliphatic rings. The first kappa shape index (κ1) is 18.6. The van der Waals surface area contributed by atoms with Gasteiger partial charge in [-0.25, -0.2) is 14.4 Å². The number of rotatable bonds is 4. The molecule has 0 saturated carbocycles. The van der Waals surface area contributed by atoms with Gasteiger partial charge in [-0.05, 0) is 36.8 Å². The summed E-state index contributed by atoms with van der Waals surface area (Å²) in [5.74, 6) is -0.153. The monoisotopic (exact) mass is 388 g/mol. The van der Waals surface area contributed by atoms with Crippen LogP contribution in [0.4, 0.5) is 4.39 Å². The van der Waals surface area contributed by atoms with Crippen molar-refractivity contribution in [3.8, 4) is 34.5 Å². The van der Waals surface area contributed by atoms with E-state index in [0.717, 1.165) is 5.56 Å². The van der Waals surface area contributed by atoms with Crippen molar-refractivity contribution in [2.45, 2.75) is 13.5 Å². The van der Waals surface area contributed by atoms with E-state index >= 15 is 0 Å². The van der Waals surface area contributed by atoms with Gasteiger partial charge in [0, 0.05) is 29.1 Å². The third-order valence-electron chi connectivity index (χ3n) is 4.84. The van der Waals surface area contributed by atoms with Crippen LogP contribution in [-0.2, 0) is 6.61 Å². The molecule has 2 aromatic heterocycles. The summed E-state index contributed by atoms with van der Waals surface area (Å²) in [6.45, 7) is 1.38. The number of methoxy groups -OCH3 is 1. The Morgan fingerprint density at radius 1 is 1.21 bits per heavy atom. The Morgan fingerprint density at radius 2 is 1.97 bits per heavy atom. The van der Waals surface area contributed by atoms with Crippen molar-refractivity contribution >= 4 is 5.65 Å². The second-order valence-electron chi connectivity index (χ2n) is 6.54. The number of halogens is 1. The summed E-state index contributed by atoms with van der Waals surface area (Å²) in [7, 11) is 1.51. The van der Waals surface area contributed by atoms with E-state index in [9.17, 15) is 9.50 Å². The molecule has 144 valence electrons. The van der Waals surface area contributed by atoms with Gasteiger partial charge in [-0.3, -0.25) is 4.40 Å². The number of aliphatic hydroxyl groups excluding tert-OH is 1. The van der Waals surface area contributed by atoms with Gasteiger partial charge in [0.2, 0.25) is 5.65 Å². The second-order valence-corrected chi connectivity index (χ2v) is 6.54. The molecular formula is C22H17FN4O2. The van der Waals surface area contributed by atoms with Crippen LogP contribution >= 0.6 is 0 Å². The highest BCUT2D eigenvalue weighted by atomic mass is 19.1. The molecule has 1 N–H and O–H groups in total. The zero-order valence-electron chi connectivity index (χ0n) is 15.8. The third-order valence-corrected chi connectivity index (χ3v) is 4.84. The van der Waals surface area contributed by atoms with E-state index in [1.807, 2.05) is 6.07 Å². The Hall–Kier alpha value is -3.76. The van der Waals surface area contributed by atoms with E-state index in [-0.39, 0.29) is 12.2 Å². The van der Waals surface area contributed by atoms with Crippen LogP contribution in [0.5, 0.6) is 5.88 Å².